The van der Waals surface area contributed by atoms with E-state index in [-0.39, 0.29) is 16.9 Å². The zero-order chi connectivity index (χ0) is 18.8. The quantitative estimate of drug-likeness (QED) is 0.595. The lowest BCUT2D eigenvalue weighted by Gasteiger charge is -2.18. The molecule has 0 radical (unpaired) electrons. The molecule has 0 aliphatic carbocycles. The van der Waals surface area contributed by atoms with Crippen LogP contribution in [0.5, 0.6) is 11.5 Å². The Hall–Kier alpha value is -2.24. The summed E-state index contributed by atoms with van der Waals surface area (Å²) in [7, 11) is 4.00. The molecule has 0 N–H and O–H groups in total. The van der Waals surface area contributed by atoms with Gasteiger partial charge < -0.3 is 18.9 Å². The fraction of sp³-hybridized carbons (Fsp3) is 0.579. The van der Waals surface area contributed by atoms with Gasteiger partial charge in [0.25, 0.3) is 0 Å². The lowest BCUT2D eigenvalue weighted by Crippen LogP contribution is -2.15. The minimum atomic E-state index is -0.559. The number of unbranched alkanes of at least 4 members (excludes halogenated alkanes) is 1. The molecule has 6 heteroatoms. The van der Waals surface area contributed by atoms with Crippen molar-refractivity contribution in [3.8, 4) is 11.5 Å². The number of carbonyl (C=O) groups excluding carboxylic acids is 2. The predicted octanol–water partition coefficient (Wildman–Crippen LogP) is 3.86. The zero-order valence-electron chi connectivity index (χ0n) is 15.7. The predicted molar refractivity (Wildman–Crippen MR) is 94.5 cm³/mol. The molecule has 0 unspecified atom stereocenters. The van der Waals surface area contributed by atoms with E-state index in [1.807, 2.05) is 0 Å². The molecule has 0 heterocycles. The Balaban J connectivity index is 3.16. The Kier molecular flexibility index (Phi) is 8.81. The van der Waals surface area contributed by atoms with Crippen LogP contribution in [0.2, 0.25) is 0 Å². The average molecular weight is 352 g/mol. The monoisotopic (exact) mass is 352 g/mol. The number of hydrogen-bond acceptors (Lipinski definition) is 6. The van der Waals surface area contributed by atoms with E-state index >= 15 is 0 Å². The third-order valence-electron chi connectivity index (χ3n) is 4.13. The van der Waals surface area contributed by atoms with Crippen molar-refractivity contribution in [2.75, 3.05) is 27.9 Å². The van der Waals surface area contributed by atoms with Crippen molar-refractivity contribution >= 4 is 11.9 Å². The largest absolute Gasteiger partial charge is 0.496 e. The fourth-order valence-electron chi connectivity index (χ4n) is 2.49. The summed E-state index contributed by atoms with van der Waals surface area (Å²) >= 11 is 0. The summed E-state index contributed by atoms with van der Waals surface area (Å²) in [5, 5.41) is 0. The van der Waals surface area contributed by atoms with Crippen LogP contribution in [-0.2, 0) is 9.47 Å². The summed E-state index contributed by atoms with van der Waals surface area (Å²) < 4.78 is 20.7. The van der Waals surface area contributed by atoms with Gasteiger partial charge in [0.05, 0.1) is 27.9 Å². The van der Waals surface area contributed by atoms with E-state index in [4.69, 9.17) is 18.9 Å². The Morgan fingerprint density at radius 1 is 0.960 bits per heavy atom. The molecule has 25 heavy (non-hydrogen) atoms. The van der Waals surface area contributed by atoms with Gasteiger partial charge in [-0.05, 0) is 24.5 Å². The second-order valence-electron chi connectivity index (χ2n) is 5.76. The first kappa shape index (κ1) is 20.8. The standard InChI is InChI=1S/C19H28O6/c1-6-8-9-13(7-2)12-25-17-11-14(18(20)23-4)16(22-3)10-15(17)19(21)24-5/h10-11,13H,6-9,12H2,1-5H3/t13-/m0/s1. The van der Waals surface area contributed by atoms with Crippen LogP contribution in [0.15, 0.2) is 12.1 Å². The number of methoxy groups -OCH3 is 3. The molecule has 0 aromatic heterocycles. The van der Waals surface area contributed by atoms with Crippen molar-refractivity contribution in [2.45, 2.75) is 39.5 Å². The molecule has 1 aromatic rings. The maximum atomic E-state index is 12.1. The average Bonchev–Trinajstić information content (AvgIpc) is 2.66. The second-order valence-corrected chi connectivity index (χ2v) is 5.76. The minimum Gasteiger partial charge on any atom is -0.496 e. The van der Waals surface area contributed by atoms with Gasteiger partial charge in [-0.3, -0.25) is 0 Å². The van der Waals surface area contributed by atoms with Crippen molar-refractivity contribution in [1.82, 2.24) is 0 Å². The van der Waals surface area contributed by atoms with Crippen molar-refractivity contribution < 1.29 is 28.5 Å². The molecule has 1 aromatic carbocycles. The molecule has 140 valence electrons. The molecule has 6 nitrogen and oxygen atoms in total. The molecule has 0 fully saturated rings. The first-order valence-corrected chi connectivity index (χ1v) is 8.53. The van der Waals surface area contributed by atoms with E-state index in [2.05, 4.69) is 13.8 Å². The topological polar surface area (TPSA) is 71.1 Å². The van der Waals surface area contributed by atoms with Crippen molar-refractivity contribution in [3.05, 3.63) is 23.3 Å². The highest BCUT2D eigenvalue weighted by atomic mass is 16.5. The van der Waals surface area contributed by atoms with Crippen LogP contribution >= 0.6 is 0 Å². The highest BCUT2D eigenvalue weighted by Crippen LogP contribution is 2.31. The molecule has 0 aliphatic rings. The van der Waals surface area contributed by atoms with E-state index < -0.39 is 11.9 Å². The van der Waals surface area contributed by atoms with Crippen LogP contribution in [0.4, 0.5) is 0 Å². The molecule has 0 bridgehead atoms. The molecule has 0 amide bonds. The number of esters is 2. The SMILES string of the molecule is CCCC[C@H](CC)COc1cc(C(=O)OC)c(OC)cc1C(=O)OC. The van der Waals surface area contributed by atoms with Crippen LogP contribution in [0, 0.1) is 5.92 Å². The van der Waals surface area contributed by atoms with E-state index in [9.17, 15) is 9.59 Å². The van der Waals surface area contributed by atoms with Crippen LogP contribution in [0.25, 0.3) is 0 Å². The van der Waals surface area contributed by atoms with Gasteiger partial charge in [0.1, 0.15) is 22.6 Å². The van der Waals surface area contributed by atoms with Gasteiger partial charge in [-0.15, -0.1) is 0 Å². The lowest BCUT2D eigenvalue weighted by atomic mass is 10.0. The lowest BCUT2D eigenvalue weighted by molar-refractivity contribution is 0.0578. The van der Waals surface area contributed by atoms with E-state index in [1.54, 1.807) is 0 Å². The first-order chi connectivity index (χ1) is 12.0. The Labute approximate surface area is 149 Å². The second kappa shape index (κ2) is 10.6. The maximum absolute atomic E-state index is 12.1. The highest BCUT2D eigenvalue weighted by Gasteiger charge is 2.22. The van der Waals surface area contributed by atoms with Gasteiger partial charge in [0.2, 0.25) is 0 Å². The van der Waals surface area contributed by atoms with Crippen molar-refractivity contribution in [1.29, 1.82) is 0 Å². The number of hydrogen-bond donors (Lipinski definition) is 0. The molecule has 1 rings (SSSR count). The van der Waals surface area contributed by atoms with Gasteiger partial charge in [-0.2, -0.15) is 0 Å². The van der Waals surface area contributed by atoms with Crippen LogP contribution in [-0.4, -0.2) is 39.9 Å². The number of ether oxygens (including phenoxy) is 4. The van der Waals surface area contributed by atoms with Gasteiger partial charge in [0, 0.05) is 0 Å². The van der Waals surface area contributed by atoms with Gasteiger partial charge >= 0.3 is 11.9 Å². The summed E-state index contributed by atoms with van der Waals surface area (Å²) in [4.78, 5) is 24.0. The van der Waals surface area contributed by atoms with Gasteiger partial charge in [-0.1, -0.05) is 33.1 Å². The summed E-state index contributed by atoms with van der Waals surface area (Å²) in [5.41, 5.74) is 0.423. The molecular weight excluding hydrogens is 324 g/mol. The summed E-state index contributed by atoms with van der Waals surface area (Å²) in [6.45, 7) is 4.72. The summed E-state index contributed by atoms with van der Waals surface area (Å²) in [5.74, 6) is -0.197. The van der Waals surface area contributed by atoms with Crippen LogP contribution in [0.3, 0.4) is 0 Å². The number of rotatable bonds is 10. The van der Waals surface area contributed by atoms with Crippen molar-refractivity contribution in [3.63, 3.8) is 0 Å². The number of carbonyl (C=O) groups is 2. The smallest absolute Gasteiger partial charge is 0.341 e. The number of benzene rings is 1. The Morgan fingerprint density at radius 2 is 1.52 bits per heavy atom. The van der Waals surface area contributed by atoms with Crippen molar-refractivity contribution in [2.24, 2.45) is 5.92 Å². The molecule has 1 atom stereocenters. The minimum absolute atomic E-state index is 0.203. The van der Waals surface area contributed by atoms with E-state index in [0.717, 1.165) is 25.7 Å². The van der Waals surface area contributed by atoms with Gasteiger partial charge in [0.15, 0.2) is 0 Å². The Bertz CT molecular complexity index is 582. The molecule has 0 spiro atoms. The third kappa shape index (κ3) is 5.66. The van der Waals surface area contributed by atoms with E-state index in [1.165, 1.54) is 33.5 Å². The van der Waals surface area contributed by atoms with Crippen LogP contribution in [0.1, 0.15) is 60.2 Å². The molecule has 0 saturated carbocycles. The summed E-state index contributed by atoms with van der Waals surface area (Å²) in [6, 6.07) is 2.92. The van der Waals surface area contributed by atoms with E-state index in [0.29, 0.717) is 18.3 Å². The molecule has 0 aliphatic heterocycles. The summed E-state index contributed by atoms with van der Waals surface area (Å²) in [6.07, 6.45) is 4.29. The fourth-order valence-corrected chi connectivity index (χ4v) is 2.49. The van der Waals surface area contributed by atoms with Gasteiger partial charge in [-0.25, -0.2) is 9.59 Å². The zero-order valence-corrected chi connectivity index (χ0v) is 15.7. The molecule has 0 saturated heterocycles. The third-order valence-corrected chi connectivity index (χ3v) is 4.13. The maximum Gasteiger partial charge on any atom is 0.341 e. The van der Waals surface area contributed by atoms with Crippen LogP contribution < -0.4 is 9.47 Å². The highest BCUT2D eigenvalue weighted by molar-refractivity contribution is 5.98. The first-order valence-electron chi connectivity index (χ1n) is 8.53. The normalized spacial score (nSPS) is 11.6. The Morgan fingerprint density at radius 3 is 2.00 bits per heavy atom. The molecular formula is C19H28O6.